The zero-order valence-corrected chi connectivity index (χ0v) is 16.3. The van der Waals surface area contributed by atoms with Gasteiger partial charge in [0.2, 0.25) is 10.0 Å². The number of hydrogen-bond acceptors (Lipinski definition) is 4. The van der Waals surface area contributed by atoms with E-state index < -0.39 is 10.0 Å². The van der Waals surface area contributed by atoms with Gasteiger partial charge in [-0.3, -0.25) is 4.79 Å². The summed E-state index contributed by atoms with van der Waals surface area (Å²) in [5.74, 6) is 0.315. The minimum Gasteiger partial charge on any atom is -0.484 e. The zero-order chi connectivity index (χ0) is 19.3. The summed E-state index contributed by atoms with van der Waals surface area (Å²) in [6, 6.07) is 12.8. The molecule has 0 aliphatic carbocycles. The van der Waals surface area contributed by atoms with Gasteiger partial charge in [0, 0.05) is 19.3 Å². The molecule has 2 rings (SSSR count). The van der Waals surface area contributed by atoms with E-state index in [0.29, 0.717) is 5.75 Å². The lowest BCUT2D eigenvalue weighted by molar-refractivity contribution is -0.118. The van der Waals surface area contributed by atoms with E-state index in [4.69, 9.17) is 4.74 Å². The number of hydrogen-bond donors (Lipinski definition) is 1. The number of ether oxygens (including phenoxy) is 1. The van der Waals surface area contributed by atoms with Crippen LogP contribution in [0.2, 0.25) is 0 Å². The molecule has 0 aliphatic heterocycles. The Morgan fingerprint density at radius 2 is 1.65 bits per heavy atom. The fourth-order valence-corrected chi connectivity index (χ4v) is 2.79. The minimum absolute atomic E-state index is 0.101. The summed E-state index contributed by atoms with van der Waals surface area (Å²) in [6.07, 6.45) is 1.17. The van der Waals surface area contributed by atoms with Crippen LogP contribution in [-0.2, 0) is 21.4 Å². The maximum atomic E-state index is 12.1. The highest BCUT2D eigenvalue weighted by molar-refractivity contribution is 7.88. The number of aryl methyl sites for hydroxylation is 2. The maximum Gasteiger partial charge on any atom is 0.262 e. The molecule has 26 heavy (non-hydrogen) atoms. The molecular formula is C19H24N2O4S. The van der Waals surface area contributed by atoms with Gasteiger partial charge in [-0.1, -0.05) is 30.3 Å². The molecule has 0 fully saturated rings. The average Bonchev–Trinajstić information content (AvgIpc) is 2.57. The van der Waals surface area contributed by atoms with Gasteiger partial charge in [0.25, 0.3) is 5.91 Å². The molecule has 0 saturated heterocycles. The van der Waals surface area contributed by atoms with Gasteiger partial charge in [0.15, 0.2) is 6.61 Å². The molecule has 6 nitrogen and oxygen atoms in total. The maximum absolute atomic E-state index is 12.1. The molecule has 140 valence electrons. The molecule has 1 N–H and O–H groups in total. The lowest BCUT2D eigenvalue weighted by atomic mass is 10.1. The van der Waals surface area contributed by atoms with Gasteiger partial charge in [-0.2, -0.15) is 0 Å². The molecule has 2 aromatic carbocycles. The van der Waals surface area contributed by atoms with E-state index in [0.717, 1.165) is 22.4 Å². The van der Waals surface area contributed by atoms with E-state index in [9.17, 15) is 13.2 Å². The smallest absolute Gasteiger partial charge is 0.262 e. The fraction of sp³-hybridized carbons (Fsp3) is 0.316. The molecule has 0 radical (unpaired) electrons. The van der Waals surface area contributed by atoms with Crippen molar-refractivity contribution in [2.45, 2.75) is 20.4 Å². The Morgan fingerprint density at radius 1 is 1.08 bits per heavy atom. The van der Waals surface area contributed by atoms with Crippen LogP contribution in [0.4, 0.5) is 5.69 Å². The first-order valence-electron chi connectivity index (χ1n) is 8.16. The standard InChI is InChI=1S/C19H24N2O4S/c1-14-6-5-7-15(2)19(14)20-18(22)13-25-17-10-8-16(9-11-17)12-21(3)26(4,23)24/h5-11H,12-13H2,1-4H3,(H,20,22). The van der Waals surface area contributed by atoms with Gasteiger partial charge in [0.1, 0.15) is 5.75 Å². The Hall–Kier alpha value is -2.38. The van der Waals surface area contributed by atoms with Crippen LogP contribution in [0.15, 0.2) is 42.5 Å². The van der Waals surface area contributed by atoms with Gasteiger partial charge < -0.3 is 10.1 Å². The number of nitrogens with one attached hydrogen (secondary N) is 1. The number of nitrogens with zero attached hydrogens (tertiary/aromatic N) is 1. The van der Waals surface area contributed by atoms with Crippen molar-refractivity contribution in [3.8, 4) is 5.75 Å². The molecular weight excluding hydrogens is 352 g/mol. The van der Waals surface area contributed by atoms with E-state index in [-0.39, 0.29) is 19.1 Å². The Bertz CT molecular complexity index is 857. The molecule has 0 atom stereocenters. The van der Waals surface area contributed by atoms with E-state index in [1.54, 1.807) is 24.3 Å². The predicted molar refractivity (Wildman–Crippen MR) is 103 cm³/mol. The summed E-state index contributed by atoms with van der Waals surface area (Å²) in [6.45, 7) is 4.06. The average molecular weight is 376 g/mol. The number of sulfonamides is 1. The first-order chi connectivity index (χ1) is 12.2. The van der Waals surface area contributed by atoms with E-state index >= 15 is 0 Å². The Balaban J connectivity index is 1.90. The second-order valence-corrected chi connectivity index (χ2v) is 8.36. The van der Waals surface area contributed by atoms with Gasteiger partial charge in [-0.25, -0.2) is 12.7 Å². The monoisotopic (exact) mass is 376 g/mol. The van der Waals surface area contributed by atoms with E-state index in [1.165, 1.54) is 17.6 Å². The van der Waals surface area contributed by atoms with Crippen LogP contribution >= 0.6 is 0 Å². The molecule has 2 aromatic rings. The van der Waals surface area contributed by atoms with Crippen LogP contribution in [0.5, 0.6) is 5.75 Å². The topological polar surface area (TPSA) is 75.7 Å². The van der Waals surface area contributed by atoms with Crippen LogP contribution in [0.3, 0.4) is 0 Å². The van der Waals surface area contributed by atoms with Crippen molar-refractivity contribution >= 4 is 21.6 Å². The lowest BCUT2D eigenvalue weighted by Crippen LogP contribution is -2.24. The molecule has 0 aromatic heterocycles. The van der Waals surface area contributed by atoms with Crippen molar-refractivity contribution in [1.29, 1.82) is 0 Å². The van der Waals surface area contributed by atoms with Crippen molar-refractivity contribution in [2.75, 3.05) is 25.2 Å². The van der Waals surface area contributed by atoms with Gasteiger partial charge >= 0.3 is 0 Å². The second kappa shape index (κ2) is 8.33. The normalized spacial score (nSPS) is 11.4. The highest BCUT2D eigenvalue weighted by atomic mass is 32.2. The van der Waals surface area contributed by atoms with Crippen molar-refractivity contribution in [2.24, 2.45) is 0 Å². The van der Waals surface area contributed by atoms with Crippen LogP contribution < -0.4 is 10.1 Å². The lowest BCUT2D eigenvalue weighted by Gasteiger charge is -2.14. The number of anilines is 1. The van der Waals surface area contributed by atoms with Crippen molar-refractivity contribution in [3.05, 3.63) is 59.2 Å². The van der Waals surface area contributed by atoms with Crippen LogP contribution in [0.25, 0.3) is 0 Å². The van der Waals surface area contributed by atoms with Crippen molar-refractivity contribution < 1.29 is 17.9 Å². The summed E-state index contributed by atoms with van der Waals surface area (Å²) >= 11 is 0. The highest BCUT2D eigenvalue weighted by Crippen LogP contribution is 2.19. The Morgan fingerprint density at radius 3 is 2.19 bits per heavy atom. The molecule has 0 heterocycles. The number of para-hydroxylation sites is 1. The molecule has 0 saturated carbocycles. The summed E-state index contributed by atoms with van der Waals surface area (Å²) in [4.78, 5) is 12.1. The minimum atomic E-state index is -3.22. The molecule has 1 amide bonds. The highest BCUT2D eigenvalue weighted by Gasteiger charge is 2.11. The molecule has 0 aliphatic rings. The largest absolute Gasteiger partial charge is 0.484 e. The van der Waals surface area contributed by atoms with Crippen molar-refractivity contribution in [1.82, 2.24) is 4.31 Å². The number of rotatable bonds is 7. The number of amides is 1. The van der Waals surface area contributed by atoms with Gasteiger partial charge in [0.05, 0.1) is 6.26 Å². The van der Waals surface area contributed by atoms with Gasteiger partial charge in [-0.05, 0) is 42.7 Å². The molecule has 7 heteroatoms. The second-order valence-electron chi connectivity index (χ2n) is 6.27. The first kappa shape index (κ1) is 19.9. The van der Waals surface area contributed by atoms with Crippen LogP contribution in [0.1, 0.15) is 16.7 Å². The predicted octanol–water partition coefficient (Wildman–Crippen LogP) is 2.71. The number of benzene rings is 2. The number of carbonyl (C=O) groups excluding carboxylic acids is 1. The summed E-state index contributed by atoms with van der Waals surface area (Å²) in [7, 11) is -1.69. The van der Waals surface area contributed by atoms with Crippen LogP contribution in [-0.4, -0.2) is 38.5 Å². The first-order valence-corrected chi connectivity index (χ1v) is 10.0. The summed E-state index contributed by atoms with van der Waals surface area (Å²) in [5.41, 5.74) is 3.64. The van der Waals surface area contributed by atoms with E-state index in [2.05, 4.69) is 5.32 Å². The third-order valence-electron chi connectivity index (χ3n) is 4.01. The van der Waals surface area contributed by atoms with Gasteiger partial charge in [-0.15, -0.1) is 0 Å². The van der Waals surface area contributed by atoms with Crippen molar-refractivity contribution in [3.63, 3.8) is 0 Å². The SMILES string of the molecule is Cc1cccc(C)c1NC(=O)COc1ccc(CN(C)S(C)(=O)=O)cc1. The summed E-state index contributed by atoms with van der Waals surface area (Å²) < 4.78 is 29.6. The fourth-order valence-electron chi connectivity index (χ4n) is 2.40. The Kier molecular flexibility index (Phi) is 6.39. The zero-order valence-electron chi connectivity index (χ0n) is 15.4. The number of carbonyl (C=O) groups is 1. The molecule has 0 spiro atoms. The van der Waals surface area contributed by atoms with E-state index in [1.807, 2.05) is 32.0 Å². The van der Waals surface area contributed by atoms with Crippen LogP contribution in [0, 0.1) is 13.8 Å². The molecule has 0 bridgehead atoms. The Labute approximate surface area is 154 Å². The summed E-state index contributed by atoms with van der Waals surface area (Å²) in [5, 5.41) is 2.87. The third-order valence-corrected chi connectivity index (χ3v) is 5.27. The third kappa shape index (κ3) is 5.57. The quantitative estimate of drug-likeness (QED) is 0.806. The molecule has 0 unspecified atom stereocenters.